The van der Waals surface area contributed by atoms with Gasteiger partial charge in [-0.2, -0.15) is 0 Å². The molecule has 2 nitrogen and oxygen atoms in total. The Hall–Kier alpha value is -0.340. The Morgan fingerprint density at radius 3 is 2.94 bits per heavy atom. The van der Waals surface area contributed by atoms with Gasteiger partial charge in [0.1, 0.15) is 0 Å². The molecule has 0 fully saturated rings. The summed E-state index contributed by atoms with van der Waals surface area (Å²) < 4.78 is 5.30. The summed E-state index contributed by atoms with van der Waals surface area (Å²) >= 11 is 0. The molecule has 0 saturated heterocycles. The summed E-state index contributed by atoms with van der Waals surface area (Å²) in [7, 11) is 0. The number of hydrogen-bond donors (Lipinski definition) is 1. The molecular formula is C14H27NO. The minimum atomic E-state index is 0.723. The van der Waals surface area contributed by atoms with Gasteiger partial charge in [0, 0.05) is 6.04 Å². The van der Waals surface area contributed by atoms with Gasteiger partial charge in [-0.25, -0.2) is 0 Å². The first-order valence-corrected chi connectivity index (χ1v) is 6.85. The second-order valence-electron chi connectivity index (χ2n) is 4.64. The largest absolute Gasteiger partial charge is 0.377 e. The van der Waals surface area contributed by atoms with Crippen molar-refractivity contribution in [1.29, 1.82) is 0 Å². The fourth-order valence-corrected chi connectivity index (χ4v) is 2.13. The van der Waals surface area contributed by atoms with Crippen molar-refractivity contribution in [2.24, 2.45) is 0 Å². The normalized spacial score (nSPS) is 18.2. The second-order valence-corrected chi connectivity index (χ2v) is 4.64. The average molecular weight is 225 g/mol. The molecule has 1 aliphatic heterocycles. The lowest BCUT2D eigenvalue weighted by atomic mass is 10.1. The standard InChI is InChI=1S/C14H27NO/c1-3-5-6-14(4-2)15-10-7-13-8-11-16-12-9-13/h8,14-15H,3-7,9-12H2,1-2H3. The third-order valence-corrected chi connectivity index (χ3v) is 3.34. The van der Waals surface area contributed by atoms with E-state index < -0.39 is 0 Å². The minimum absolute atomic E-state index is 0.723. The Morgan fingerprint density at radius 1 is 1.44 bits per heavy atom. The Labute approximate surface area is 100 Å². The quantitative estimate of drug-likeness (QED) is 0.640. The fraction of sp³-hybridized carbons (Fsp3) is 0.857. The van der Waals surface area contributed by atoms with Gasteiger partial charge < -0.3 is 10.1 Å². The third kappa shape index (κ3) is 5.66. The van der Waals surface area contributed by atoms with E-state index in [2.05, 4.69) is 25.2 Å². The third-order valence-electron chi connectivity index (χ3n) is 3.34. The summed E-state index contributed by atoms with van der Waals surface area (Å²) in [5.74, 6) is 0. The van der Waals surface area contributed by atoms with Gasteiger partial charge in [0.2, 0.25) is 0 Å². The van der Waals surface area contributed by atoms with Crippen LogP contribution in [0.25, 0.3) is 0 Å². The molecule has 94 valence electrons. The summed E-state index contributed by atoms with van der Waals surface area (Å²) in [6.45, 7) is 7.41. The first-order chi connectivity index (χ1) is 7.86. The van der Waals surface area contributed by atoms with Crippen molar-refractivity contribution in [2.45, 2.75) is 58.4 Å². The molecular weight excluding hydrogens is 198 g/mol. The predicted octanol–water partition coefficient (Wildman–Crippen LogP) is 3.28. The van der Waals surface area contributed by atoms with Gasteiger partial charge in [-0.1, -0.05) is 38.3 Å². The van der Waals surface area contributed by atoms with Crippen LogP contribution in [-0.2, 0) is 4.74 Å². The second kappa shape index (κ2) is 8.77. The molecule has 0 amide bonds. The van der Waals surface area contributed by atoms with Crippen LogP contribution in [-0.4, -0.2) is 25.8 Å². The Morgan fingerprint density at radius 2 is 2.31 bits per heavy atom. The van der Waals surface area contributed by atoms with E-state index in [-0.39, 0.29) is 0 Å². The molecule has 0 bridgehead atoms. The summed E-state index contributed by atoms with van der Waals surface area (Å²) in [4.78, 5) is 0. The van der Waals surface area contributed by atoms with Crippen LogP contribution in [0.1, 0.15) is 52.4 Å². The van der Waals surface area contributed by atoms with Gasteiger partial charge in [0.15, 0.2) is 0 Å². The van der Waals surface area contributed by atoms with Gasteiger partial charge in [0.25, 0.3) is 0 Å². The van der Waals surface area contributed by atoms with E-state index in [1.807, 2.05) is 0 Å². The number of nitrogens with one attached hydrogen (secondary N) is 1. The smallest absolute Gasteiger partial charge is 0.0650 e. The Bertz CT molecular complexity index is 201. The zero-order valence-electron chi connectivity index (χ0n) is 10.9. The maximum absolute atomic E-state index is 5.30. The highest BCUT2D eigenvalue weighted by atomic mass is 16.5. The Kier molecular flexibility index (Phi) is 7.52. The van der Waals surface area contributed by atoms with Gasteiger partial charge in [-0.15, -0.1) is 0 Å². The lowest BCUT2D eigenvalue weighted by Gasteiger charge is -2.18. The summed E-state index contributed by atoms with van der Waals surface area (Å²) in [6, 6.07) is 0.723. The van der Waals surface area contributed by atoms with Crippen molar-refractivity contribution >= 4 is 0 Å². The first-order valence-electron chi connectivity index (χ1n) is 6.85. The summed E-state index contributed by atoms with van der Waals surface area (Å²) in [6.07, 6.45) is 9.82. The number of rotatable bonds is 8. The van der Waals surface area contributed by atoms with Gasteiger partial charge in [-0.05, 0) is 32.2 Å². The zero-order valence-corrected chi connectivity index (χ0v) is 10.9. The molecule has 1 unspecified atom stereocenters. The van der Waals surface area contributed by atoms with Crippen LogP contribution < -0.4 is 5.32 Å². The topological polar surface area (TPSA) is 21.3 Å². The molecule has 2 heteroatoms. The molecule has 16 heavy (non-hydrogen) atoms. The highest BCUT2D eigenvalue weighted by molar-refractivity contribution is 5.04. The van der Waals surface area contributed by atoms with E-state index in [1.54, 1.807) is 5.57 Å². The molecule has 0 aliphatic carbocycles. The molecule has 0 radical (unpaired) electrons. The molecule has 0 aromatic rings. The summed E-state index contributed by atoms with van der Waals surface area (Å²) in [5, 5.41) is 3.67. The molecule has 0 spiro atoms. The van der Waals surface area contributed by atoms with Crippen LogP contribution in [0.3, 0.4) is 0 Å². The van der Waals surface area contributed by atoms with E-state index in [0.717, 1.165) is 32.2 Å². The molecule has 0 aromatic heterocycles. The van der Waals surface area contributed by atoms with Crippen molar-refractivity contribution in [1.82, 2.24) is 5.32 Å². The van der Waals surface area contributed by atoms with E-state index in [1.165, 1.54) is 32.1 Å². The van der Waals surface area contributed by atoms with Gasteiger partial charge in [-0.3, -0.25) is 0 Å². The van der Waals surface area contributed by atoms with Crippen LogP contribution in [0, 0.1) is 0 Å². The zero-order chi connectivity index (χ0) is 11.6. The van der Waals surface area contributed by atoms with Crippen molar-refractivity contribution in [2.75, 3.05) is 19.8 Å². The summed E-state index contributed by atoms with van der Waals surface area (Å²) in [5.41, 5.74) is 1.57. The molecule has 1 heterocycles. The van der Waals surface area contributed by atoms with Gasteiger partial charge >= 0.3 is 0 Å². The lowest BCUT2D eigenvalue weighted by Crippen LogP contribution is -2.29. The predicted molar refractivity (Wildman–Crippen MR) is 69.7 cm³/mol. The van der Waals surface area contributed by atoms with E-state index in [0.29, 0.717) is 0 Å². The molecule has 0 aromatic carbocycles. The molecule has 0 saturated carbocycles. The fourth-order valence-electron chi connectivity index (χ4n) is 2.13. The minimum Gasteiger partial charge on any atom is -0.377 e. The van der Waals surface area contributed by atoms with Crippen molar-refractivity contribution in [3.8, 4) is 0 Å². The first kappa shape index (κ1) is 13.7. The number of unbranched alkanes of at least 4 members (excludes halogenated alkanes) is 1. The highest BCUT2D eigenvalue weighted by Crippen LogP contribution is 2.11. The monoisotopic (exact) mass is 225 g/mol. The van der Waals surface area contributed by atoms with Crippen LogP contribution in [0.2, 0.25) is 0 Å². The van der Waals surface area contributed by atoms with Crippen molar-refractivity contribution in [3.05, 3.63) is 11.6 Å². The average Bonchev–Trinajstić information content (AvgIpc) is 2.35. The lowest BCUT2D eigenvalue weighted by molar-refractivity contribution is 0.153. The van der Waals surface area contributed by atoms with Crippen LogP contribution >= 0.6 is 0 Å². The van der Waals surface area contributed by atoms with E-state index in [9.17, 15) is 0 Å². The number of ether oxygens (including phenoxy) is 1. The molecule has 1 atom stereocenters. The van der Waals surface area contributed by atoms with E-state index in [4.69, 9.17) is 4.74 Å². The van der Waals surface area contributed by atoms with Crippen molar-refractivity contribution in [3.63, 3.8) is 0 Å². The maximum atomic E-state index is 5.30. The van der Waals surface area contributed by atoms with Crippen molar-refractivity contribution < 1.29 is 4.74 Å². The number of hydrogen-bond acceptors (Lipinski definition) is 2. The van der Waals surface area contributed by atoms with E-state index >= 15 is 0 Å². The van der Waals surface area contributed by atoms with Crippen LogP contribution in [0.4, 0.5) is 0 Å². The molecule has 1 rings (SSSR count). The highest BCUT2D eigenvalue weighted by Gasteiger charge is 2.06. The van der Waals surface area contributed by atoms with Gasteiger partial charge in [0.05, 0.1) is 13.2 Å². The molecule has 1 N–H and O–H groups in total. The van der Waals surface area contributed by atoms with Crippen LogP contribution in [0.15, 0.2) is 11.6 Å². The maximum Gasteiger partial charge on any atom is 0.0650 e. The SMILES string of the molecule is CCCCC(CC)NCCC1=CCOCC1. The Balaban J connectivity index is 2.09. The molecule has 1 aliphatic rings. The van der Waals surface area contributed by atoms with Crippen LogP contribution in [0.5, 0.6) is 0 Å².